The van der Waals surface area contributed by atoms with Crippen LogP contribution in [0.2, 0.25) is 0 Å². The monoisotopic (exact) mass is 795 g/mol. The maximum absolute atomic E-state index is 6.76. The van der Waals surface area contributed by atoms with E-state index in [1.54, 1.807) is 0 Å². The summed E-state index contributed by atoms with van der Waals surface area (Å²) in [6, 6.07) is 73.5. The number of anilines is 3. The van der Waals surface area contributed by atoms with Crippen LogP contribution in [0, 0.1) is 0 Å². The van der Waals surface area contributed by atoms with Gasteiger partial charge in [0.2, 0.25) is 0 Å². The number of hydrogen-bond donors (Lipinski definition) is 0. The number of para-hydroxylation sites is 5. The van der Waals surface area contributed by atoms with Gasteiger partial charge in [-0.3, -0.25) is 0 Å². The number of rotatable bonds is 6. The first-order chi connectivity index (χ1) is 30.3. The van der Waals surface area contributed by atoms with E-state index in [4.69, 9.17) is 4.42 Å². The van der Waals surface area contributed by atoms with Gasteiger partial charge in [-0.2, -0.15) is 0 Å². The number of furan rings is 1. The quantitative estimate of drug-likeness (QED) is 0.167. The first-order valence-electron chi connectivity index (χ1n) is 21.8. The van der Waals surface area contributed by atoms with Gasteiger partial charge in [0.25, 0.3) is 0 Å². The normalized spacial score (nSPS) is 14.1. The first-order valence-corrected chi connectivity index (χ1v) is 21.8. The standard InChI is InChI=1S/C60H45NO/c1-59(2)50-32-12-6-25-48(50)56-43(26-19-33-51(56)59)39-21-7-13-34-52(39)61(54-36-15-9-23-41(54)46-29-18-30-47-42-24-10-16-37-55(42)62-58(46)47)53-35-14-8-22-40(53)45-28-17-27-44-38-20-5-11-31-49(38)60(3,4)57(44)45/h5-37H,1-4H3. The average Bonchev–Trinajstić information content (AvgIpc) is 3.90. The molecular weight excluding hydrogens is 751 g/mol. The summed E-state index contributed by atoms with van der Waals surface area (Å²) in [6.45, 7) is 9.50. The summed E-state index contributed by atoms with van der Waals surface area (Å²) in [5, 5.41) is 2.24. The van der Waals surface area contributed by atoms with Crippen LogP contribution in [0.4, 0.5) is 17.1 Å². The summed E-state index contributed by atoms with van der Waals surface area (Å²) in [5.41, 5.74) is 22.4. The van der Waals surface area contributed by atoms with Crippen LogP contribution in [-0.2, 0) is 10.8 Å². The van der Waals surface area contributed by atoms with Crippen molar-refractivity contribution >= 4 is 39.0 Å². The summed E-state index contributed by atoms with van der Waals surface area (Å²) in [5.74, 6) is 0. The molecule has 0 atom stereocenters. The van der Waals surface area contributed by atoms with Crippen molar-refractivity contribution < 1.29 is 4.42 Å². The lowest BCUT2D eigenvalue weighted by molar-refractivity contribution is 0.660. The summed E-state index contributed by atoms with van der Waals surface area (Å²) in [6.07, 6.45) is 0. The highest BCUT2D eigenvalue weighted by molar-refractivity contribution is 6.11. The molecule has 296 valence electrons. The molecule has 0 unspecified atom stereocenters. The molecule has 0 N–H and O–H groups in total. The zero-order valence-electron chi connectivity index (χ0n) is 35.4. The fraction of sp³-hybridized carbons (Fsp3) is 0.100. The molecule has 0 fully saturated rings. The third-order valence-corrected chi connectivity index (χ3v) is 13.9. The third-order valence-electron chi connectivity index (χ3n) is 13.9. The SMILES string of the molecule is CC1(C)c2ccccc2-c2c(-c3ccccc3N(c3ccccc3-c3cccc4c3C(C)(C)c3ccccc3-4)c3ccccc3-c3cccc4c3oc3ccccc34)cccc21. The van der Waals surface area contributed by atoms with Crippen molar-refractivity contribution in [3.05, 3.63) is 222 Å². The lowest BCUT2D eigenvalue weighted by atomic mass is 9.78. The maximum Gasteiger partial charge on any atom is 0.143 e. The van der Waals surface area contributed by atoms with E-state index in [0.29, 0.717) is 0 Å². The molecule has 0 spiro atoms. The molecule has 10 aromatic rings. The van der Waals surface area contributed by atoms with Gasteiger partial charge in [-0.05, 0) is 79.9 Å². The predicted molar refractivity (Wildman–Crippen MR) is 260 cm³/mol. The van der Waals surface area contributed by atoms with Crippen LogP contribution in [-0.4, -0.2) is 0 Å². The number of benzene rings is 9. The largest absolute Gasteiger partial charge is 0.455 e. The number of fused-ring (bicyclic) bond motifs is 9. The van der Waals surface area contributed by atoms with E-state index in [1.165, 1.54) is 66.8 Å². The fourth-order valence-corrected chi connectivity index (χ4v) is 11.1. The Morgan fingerprint density at radius 3 is 1.44 bits per heavy atom. The molecule has 0 amide bonds. The van der Waals surface area contributed by atoms with Crippen LogP contribution in [0.1, 0.15) is 49.9 Å². The van der Waals surface area contributed by atoms with Gasteiger partial charge in [0.05, 0.1) is 17.1 Å². The van der Waals surface area contributed by atoms with Crippen molar-refractivity contribution in [1.82, 2.24) is 0 Å². The summed E-state index contributed by atoms with van der Waals surface area (Å²) in [7, 11) is 0. The van der Waals surface area contributed by atoms with Gasteiger partial charge < -0.3 is 9.32 Å². The Morgan fingerprint density at radius 2 is 0.742 bits per heavy atom. The Hall–Kier alpha value is -7.42. The summed E-state index contributed by atoms with van der Waals surface area (Å²) < 4.78 is 6.76. The fourth-order valence-electron chi connectivity index (χ4n) is 11.1. The van der Waals surface area contributed by atoms with Crippen molar-refractivity contribution in [2.24, 2.45) is 0 Å². The summed E-state index contributed by atoms with van der Waals surface area (Å²) in [4.78, 5) is 2.53. The molecule has 0 radical (unpaired) electrons. The Balaban J connectivity index is 1.16. The van der Waals surface area contributed by atoms with Gasteiger partial charge >= 0.3 is 0 Å². The van der Waals surface area contributed by atoms with Gasteiger partial charge in [0, 0.05) is 43.9 Å². The average molecular weight is 796 g/mol. The smallest absolute Gasteiger partial charge is 0.143 e. The molecule has 0 aliphatic heterocycles. The molecule has 1 heterocycles. The van der Waals surface area contributed by atoms with E-state index < -0.39 is 0 Å². The Morgan fingerprint density at radius 1 is 0.323 bits per heavy atom. The summed E-state index contributed by atoms with van der Waals surface area (Å²) >= 11 is 0. The van der Waals surface area contributed by atoms with Crippen LogP contribution < -0.4 is 4.90 Å². The predicted octanol–water partition coefficient (Wildman–Crippen LogP) is 16.7. The minimum absolute atomic E-state index is 0.126. The topological polar surface area (TPSA) is 16.4 Å². The molecule has 2 nitrogen and oxygen atoms in total. The molecular formula is C60H45NO. The third kappa shape index (κ3) is 5.16. The lowest BCUT2D eigenvalue weighted by Crippen LogP contribution is -2.17. The van der Waals surface area contributed by atoms with Gasteiger partial charge in [0.15, 0.2) is 0 Å². The van der Waals surface area contributed by atoms with Gasteiger partial charge in [0.1, 0.15) is 11.2 Å². The van der Waals surface area contributed by atoms with Crippen LogP contribution in [0.5, 0.6) is 0 Å². The van der Waals surface area contributed by atoms with Crippen molar-refractivity contribution in [2.45, 2.75) is 38.5 Å². The van der Waals surface area contributed by atoms with E-state index >= 15 is 0 Å². The molecule has 2 heteroatoms. The van der Waals surface area contributed by atoms with E-state index in [0.717, 1.165) is 50.1 Å². The highest BCUT2D eigenvalue weighted by Crippen LogP contribution is 2.57. The highest BCUT2D eigenvalue weighted by Gasteiger charge is 2.39. The van der Waals surface area contributed by atoms with E-state index in [-0.39, 0.29) is 10.8 Å². The van der Waals surface area contributed by atoms with Crippen molar-refractivity contribution in [3.8, 4) is 55.6 Å². The zero-order chi connectivity index (χ0) is 41.7. The molecule has 0 saturated heterocycles. The Kier molecular flexibility index (Phi) is 7.96. The maximum atomic E-state index is 6.76. The van der Waals surface area contributed by atoms with Crippen molar-refractivity contribution in [2.75, 3.05) is 4.90 Å². The molecule has 12 rings (SSSR count). The van der Waals surface area contributed by atoms with E-state index in [1.807, 2.05) is 6.07 Å². The lowest BCUT2D eigenvalue weighted by Gasteiger charge is -2.33. The molecule has 0 saturated carbocycles. The molecule has 2 aliphatic carbocycles. The Labute approximate surface area is 363 Å². The van der Waals surface area contributed by atoms with Crippen LogP contribution in [0.3, 0.4) is 0 Å². The van der Waals surface area contributed by atoms with Crippen molar-refractivity contribution in [1.29, 1.82) is 0 Å². The Bertz CT molecular complexity index is 3430. The number of nitrogens with zero attached hydrogens (tertiary/aromatic N) is 1. The van der Waals surface area contributed by atoms with Crippen molar-refractivity contribution in [3.63, 3.8) is 0 Å². The van der Waals surface area contributed by atoms with Crippen LogP contribution in [0.25, 0.3) is 77.6 Å². The first kappa shape index (κ1) is 36.4. The van der Waals surface area contributed by atoms with Gasteiger partial charge in [-0.1, -0.05) is 204 Å². The van der Waals surface area contributed by atoms with E-state index in [9.17, 15) is 0 Å². The second kappa shape index (κ2) is 13.5. The number of hydrogen-bond acceptors (Lipinski definition) is 2. The molecule has 62 heavy (non-hydrogen) atoms. The zero-order valence-corrected chi connectivity index (χ0v) is 35.4. The van der Waals surface area contributed by atoms with Gasteiger partial charge in [-0.15, -0.1) is 0 Å². The van der Waals surface area contributed by atoms with Crippen LogP contribution >= 0.6 is 0 Å². The molecule has 0 bridgehead atoms. The second-order valence-corrected chi connectivity index (χ2v) is 18.0. The molecule has 9 aromatic carbocycles. The minimum atomic E-state index is -0.196. The second-order valence-electron chi connectivity index (χ2n) is 18.0. The highest BCUT2D eigenvalue weighted by atomic mass is 16.3. The molecule has 2 aliphatic rings. The molecule has 1 aromatic heterocycles. The minimum Gasteiger partial charge on any atom is -0.455 e. The van der Waals surface area contributed by atoms with E-state index in [2.05, 4.69) is 227 Å². The van der Waals surface area contributed by atoms with Gasteiger partial charge in [-0.25, -0.2) is 0 Å². The van der Waals surface area contributed by atoms with Crippen LogP contribution in [0.15, 0.2) is 205 Å².